The van der Waals surface area contributed by atoms with E-state index in [0.29, 0.717) is 41.3 Å². The molecule has 10 heteroatoms. The van der Waals surface area contributed by atoms with Crippen LogP contribution in [0.5, 0.6) is 0 Å². The first-order chi connectivity index (χ1) is 15.2. The minimum Gasteiger partial charge on any atom is -0.347 e. The Labute approximate surface area is 184 Å². The lowest BCUT2D eigenvalue weighted by molar-refractivity contribution is -0.133. The summed E-state index contributed by atoms with van der Waals surface area (Å²) in [5, 5.41) is 0.435. The van der Waals surface area contributed by atoms with Crippen LogP contribution in [0.25, 0.3) is 10.9 Å². The molecule has 1 atom stereocenters. The van der Waals surface area contributed by atoms with Gasteiger partial charge in [0.1, 0.15) is 6.54 Å². The highest BCUT2D eigenvalue weighted by Gasteiger charge is 2.26. The van der Waals surface area contributed by atoms with Crippen LogP contribution in [0.15, 0.2) is 27.9 Å². The third-order valence-corrected chi connectivity index (χ3v) is 5.85. The number of carbonyl (C=O) groups excluding carboxylic acids is 1. The van der Waals surface area contributed by atoms with Crippen LogP contribution < -0.4 is 16.1 Å². The Balaban J connectivity index is 1.57. The van der Waals surface area contributed by atoms with Crippen LogP contribution in [-0.4, -0.2) is 62.5 Å². The van der Waals surface area contributed by atoms with E-state index in [1.54, 1.807) is 29.7 Å². The Morgan fingerprint density at radius 1 is 1.22 bits per heavy atom. The van der Waals surface area contributed by atoms with Crippen molar-refractivity contribution < 1.29 is 4.79 Å². The fraction of sp³-hybridized carbons (Fsp3) is 0.455. The van der Waals surface area contributed by atoms with Crippen molar-refractivity contribution in [2.75, 3.05) is 32.1 Å². The maximum Gasteiger partial charge on any atom is 0.348 e. The van der Waals surface area contributed by atoms with E-state index in [0.717, 1.165) is 18.5 Å². The van der Waals surface area contributed by atoms with Gasteiger partial charge in [-0.15, -0.1) is 0 Å². The summed E-state index contributed by atoms with van der Waals surface area (Å²) in [6.07, 6.45) is 3.19. The topological polar surface area (TPSA) is 117 Å². The summed E-state index contributed by atoms with van der Waals surface area (Å²) in [5.74, 6) is 0.379. The normalized spacial score (nSPS) is 16.4. The molecule has 168 valence electrons. The molecule has 1 fully saturated rings. The van der Waals surface area contributed by atoms with E-state index in [-0.39, 0.29) is 23.9 Å². The van der Waals surface area contributed by atoms with Crippen molar-refractivity contribution in [2.45, 2.75) is 39.2 Å². The fourth-order valence-corrected chi connectivity index (χ4v) is 4.15. The monoisotopic (exact) mass is 437 g/mol. The molecule has 1 N–H and O–H groups in total. The van der Waals surface area contributed by atoms with Crippen LogP contribution in [0.1, 0.15) is 35.8 Å². The molecule has 4 rings (SSSR count). The summed E-state index contributed by atoms with van der Waals surface area (Å²) in [6, 6.07) is 3.67. The molecule has 0 aliphatic carbocycles. The van der Waals surface area contributed by atoms with E-state index in [2.05, 4.69) is 19.9 Å². The maximum absolute atomic E-state index is 13.0. The molecule has 4 heterocycles. The second-order valence-corrected chi connectivity index (χ2v) is 8.50. The summed E-state index contributed by atoms with van der Waals surface area (Å²) in [4.78, 5) is 56.9. The van der Waals surface area contributed by atoms with E-state index in [9.17, 15) is 14.4 Å². The maximum atomic E-state index is 13.0. The van der Waals surface area contributed by atoms with Gasteiger partial charge in [0.15, 0.2) is 0 Å². The molecule has 0 bridgehead atoms. The highest BCUT2D eigenvalue weighted by atomic mass is 16.2. The first-order valence-electron chi connectivity index (χ1n) is 10.6. The van der Waals surface area contributed by atoms with Gasteiger partial charge in [0.2, 0.25) is 11.9 Å². The first kappa shape index (κ1) is 21.7. The Kier molecular flexibility index (Phi) is 5.77. The van der Waals surface area contributed by atoms with Gasteiger partial charge in [-0.05, 0) is 38.8 Å². The predicted molar refractivity (Wildman–Crippen MR) is 121 cm³/mol. The molecule has 0 spiro atoms. The second-order valence-electron chi connectivity index (χ2n) is 8.50. The Morgan fingerprint density at radius 2 is 2.00 bits per heavy atom. The number of rotatable bonds is 4. The summed E-state index contributed by atoms with van der Waals surface area (Å²) in [6.45, 7) is 4.60. The average Bonchev–Trinajstić information content (AvgIpc) is 2.75. The van der Waals surface area contributed by atoms with Gasteiger partial charge in [0.05, 0.1) is 10.9 Å². The van der Waals surface area contributed by atoms with Gasteiger partial charge in [0, 0.05) is 56.4 Å². The van der Waals surface area contributed by atoms with Crippen LogP contribution >= 0.6 is 0 Å². The quantitative estimate of drug-likeness (QED) is 0.646. The minimum atomic E-state index is -0.417. The van der Waals surface area contributed by atoms with Crippen LogP contribution in [-0.2, 0) is 11.3 Å². The zero-order valence-electron chi connectivity index (χ0n) is 18.8. The van der Waals surface area contributed by atoms with Crippen molar-refractivity contribution in [3.63, 3.8) is 0 Å². The number of piperidine rings is 1. The Bertz CT molecular complexity index is 1290. The highest BCUT2D eigenvalue weighted by molar-refractivity contribution is 5.78. The lowest BCUT2D eigenvalue weighted by Crippen LogP contribution is -2.43. The van der Waals surface area contributed by atoms with Crippen molar-refractivity contribution in [3.05, 3.63) is 56.2 Å². The molecule has 1 aliphatic heterocycles. The molecule has 1 saturated heterocycles. The second kappa shape index (κ2) is 8.52. The number of aryl methyl sites for hydroxylation is 2. The fourth-order valence-electron chi connectivity index (χ4n) is 4.15. The van der Waals surface area contributed by atoms with E-state index < -0.39 is 5.69 Å². The van der Waals surface area contributed by atoms with Crippen molar-refractivity contribution in [1.29, 1.82) is 0 Å². The Hall–Kier alpha value is -3.56. The number of hydrogen-bond donors (Lipinski definition) is 1. The van der Waals surface area contributed by atoms with Crippen molar-refractivity contribution in [2.24, 2.45) is 0 Å². The van der Waals surface area contributed by atoms with Crippen molar-refractivity contribution in [3.8, 4) is 0 Å². The number of pyridine rings is 1. The number of anilines is 1. The van der Waals surface area contributed by atoms with Crippen LogP contribution in [0, 0.1) is 13.8 Å². The molecular formula is C22H27N7O3. The molecule has 1 amide bonds. The number of amides is 1. The Morgan fingerprint density at radius 3 is 2.72 bits per heavy atom. The average molecular weight is 438 g/mol. The van der Waals surface area contributed by atoms with Gasteiger partial charge >= 0.3 is 5.69 Å². The molecule has 0 aromatic carbocycles. The largest absolute Gasteiger partial charge is 0.348 e. The number of carbonyl (C=O) groups is 1. The number of aromatic nitrogens is 5. The number of H-pyrrole nitrogens is 1. The minimum absolute atomic E-state index is 0.0171. The van der Waals surface area contributed by atoms with Gasteiger partial charge in [-0.25, -0.2) is 14.8 Å². The van der Waals surface area contributed by atoms with Gasteiger partial charge in [-0.2, -0.15) is 4.98 Å². The standard InChI is InChI=1S/C22H27N7O3/c1-13-8-14(2)29(22(32)24-13)12-19(30)28-7-5-6-15(11-28)17-9-18-16(20(31)25-17)10-23-21(26-18)27(3)4/h8-10,15H,5-7,11-12H2,1-4H3,(H,25,31). The van der Waals surface area contributed by atoms with Crippen molar-refractivity contribution >= 4 is 22.8 Å². The number of fused-ring (bicyclic) bond motifs is 1. The first-order valence-corrected chi connectivity index (χ1v) is 10.6. The number of hydrogen-bond acceptors (Lipinski definition) is 7. The molecule has 3 aromatic rings. The molecule has 1 unspecified atom stereocenters. The van der Waals surface area contributed by atoms with Crippen molar-refractivity contribution in [1.82, 2.24) is 29.4 Å². The van der Waals surface area contributed by atoms with E-state index in [1.165, 1.54) is 10.8 Å². The van der Waals surface area contributed by atoms with Gasteiger partial charge in [-0.1, -0.05) is 0 Å². The SMILES string of the molecule is Cc1cc(C)n(CC(=O)N2CCCC(c3cc4nc(N(C)C)ncc4c(=O)[nH]3)C2)c(=O)n1. The zero-order valence-corrected chi connectivity index (χ0v) is 18.8. The third-order valence-electron chi connectivity index (χ3n) is 5.85. The summed E-state index contributed by atoms with van der Waals surface area (Å²) >= 11 is 0. The molecule has 10 nitrogen and oxygen atoms in total. The summed E-state index contributed by atoms with van der Waals surface area (Å²) < 4.78 is 1.40. The van der Waals surface area contributed by atoms with E-state index in [4.69, 9.17) is 0 Å². The highest BCUT2D eigenvalue weighted by Crippen LogP contribution is 2.26. The van der Waals surface area contributed by atoms with Crippen LogP contribution in [0.2, 0.25) is 0 Å². The van der Waals surface area contributed by atoms with Crippen LogP contribution in [0.4, 0.5) is 5.95 Å². The lowest BCUT2D eigenvalue weighted by Gasteiger charge is -2.33. The predicted octanol–water partition coefficient (Wildman–Crippen LogP) is 0.964. The lowest BCUT2D eigenvalue weighted by atomic mass is 9.94. The summed E-state index contributed by atoms with van der Waals surface area (Å²) in [5.41, 5.74) is 2.03. The van der Waals surface area contributed by atoms with Gasteiger partial charge in [-0.3, -0.25) is 14.2 Å². The molecule has 32 heavy (non-hydrogen) atoms. The molecule has 1 aliphatic rings. The van der Waals surface area contributed by atoms with Gasteiger partial charge < -0.3 is 14.8 Å². The molecular weight excluding hydrogens is 410 g/mol. The molecule has 0 radical (unpaired) electrons. The van der Waals surface area contributed by atoms with E-state index >= 15 is 0 Å². The zero-order chi connectivity index (χ0) is 23.0. The van der Waals surface area contributed by atoms with Gasteiger partial charge in [0.25, 0.3) is 5.56 Å². The molecule has 3 aromatic heterocycles. The number of nitrogens with one attached hydrogen (secondary N) is 1. The number of nitrogens with zero attached hydrogens (tertiary/aromatic N) is 6. The van der Waals surface area contributed by atoms with Crippen LogP contribution in [0.3, 0.4) is 0 Å². The summed E-state index contributed by atoms with van der Waals surface area (Å²) in [7, 11) is 3.69. The van der Waals surface area contributed by atoms with E-state index in [1.807, 2.05) is 20.2 Å². The smallest absolute Gasteiger partial charge is 0.347 e. The third kappa shape index (κ3) is 4.25. The number of likely N-dealkylation sites (tertiary alicyclic amines) is 1. The number of aromatic amines is 1. The molecule has 0 saturated carbocycles.